The van der Waals surface area contributed by atoms with Crippen LogP contribution in [0.1, 0.15) is 27.7 Å². The quantitative estimate of drug-likeness (QED) is 0.604. The minimum absolute atomic E-state index is 1.11. The monoisotopic (exact) mass is 362 g/mol. The molecule has 0 aromatic rings. The van der Waals surface area contributed by atoms with E-state index in [1.807, 2.05) is 0 Å². The predicted molar refractivity (Wildman–Crippen MR) is 79.0 cm³/mol. The van der Waals surface area contributed by atoms with Crippen molar-refractivity contribution in [1.29, 1.82) is 0 Å². The van der Waals surface area contributed by atoms with E-state index in [0.717, 1.165) is 26.2 Å². The molecule has 0 aliphatic heterocycles. The maximum absolute atomic E-state index is 2.60. The average molecular weight is 360 g/mol. The molecule has 0 aromatic carbocycles. The van der Waals surface area contributed by atoms with Crippen molar-refractivity contribution < 1.29 is 0 Å². The molecule has 0 spiro atoms. The van der Waals surface area contributed by atoms with Gasteiger partial charge in [0, 0.05) is 0 Å². The Morgan fingerprint density at radius 2 is 0.706 bits per heavy atom. The van der Waals surface area contributed by atoms with Crippen LogP contribution in [0.25, 0.3) is 0 Å². The minimum atomic E-state index is -2.52. The second-order valence-electron chi connectivity index (χ2n) is 4.27. The molecule has 0 aromatic heterocycles. The van der Waals surface area contributed by atoms with E-state index in [4.69, 9.17) is 0 Å². The molecule has 0 aliphatic rings. The van der Waals surface area contributed by atoms with Gasteiger partial charge in [0.15, 0.2) is 0 Å². The van der Waals surface area contributed by atoms with Crippen LogP contribution in [-0.2, 0) is 0 Å². The van der Waals surface area contributed by atoms with Gasteiger partial charge in [0.05, 0.1) is 0 Å². The summed E-state index contributed by atoms with van der Waals surface area (Å²) in [5.41, 5.74) is 0. The first kappa shape index (κ1) is 17.6. The van der Waals surface area contributed by atoms with Gasteiger partial charge in [-0.05, 0) is 0 Å². The fourth-order valence-corrected chi connectivity index (χ4v) is 14.2. The van der Waals surface area contributed by atoms with E-state index in [2.05, 4.69) is 68.5 Å². The molecule has 0 rings (SSSR count). The van der Waals surface area contributed by atoms with E-state index >= 15 is 0 Å². The molecule has 0 atom stereocenters. The fourth-order valence-electron chi connectivity index (χ4n) is 2.12. The topological polar surface area (TPSA) is 13.0 Å². The molecule has 0 aliphatic carbocycles. The van der Waals surface area contributed by atoms with E-state index in [9.17, 15) is 0 Å². The summed E-state index contributed by atoms with van der Waals surface area (Å²) >= 11 is -2.52. The summed E-state index contributed by atoms with van der Waals surface area (Å²) in [5, 5.41) is 0. The van der Waals surface area contributed by atoms with Gasteiger partial charge in [-0.3, -0.25) is 0 Å². The summed E-state index contributed by atoms with van der Waals surface area (Å²) in [6.07, 6.45) is 0. The standard InChI is InChI=1S/C12H32N4Te/c1-9-13(5)17(14(6)10-2,15(7)11-3)16(8)12-4/h9-12H2,1-8H3. The molecule has 0 heterocycles. The van der Waals surface area contributed by atoms with Gasteiger partial charge in [-0.2, -0.15) is 0 Å². The molecule has 4 nitrogen and oxygen atoms in total. The third-order valence-electron chi connectivity index (χ3n) is 3.45. The van der Waals surface area contributed by atoms with Crippen LogP contribution in [0.3, 0.4) is 0 Å². The molecule has 0 unspecified atom stereocenters. The Morgan fingerprint density at radius 3 is 0.824 bits per heavy atom. The zero-order chi connectivity index (χ0) is 13.6. The van der Waals surface area contributed by atoms with Gasteiger partial charge in [-0.1, -0.05) is 0 Å². The van der Waals surface area contributed by atoms with Crippen molar-refractivity contribution in [3.8, 4) is 0 Å². The first-order valence-corrected chi connectivity index (χ1v) is 10.8. The molecule has 0 fully saturated rings. The summed E-state index contributed by atoms with van der Waals surface area (Å²) in [6.45, 7) is 13.5. The summed E-state index contributed by atoms with van der Waals surface area (Å²) in [5.74, 6) is 0. The molecule has 0 N–H and O–H groups in total. The second kappa shape index (κ2) is 7.93. The average Bonchev–Trinajstić information content (AvgIpc) is 2.37. The predicted octanol–water partition coefficient (Wildman–Crippen LogP) is 1.23. The van der Waals surface area contributed by atoms with Crippen LogP contribution in [0, 0.1) is 0 Å². The third kappa shape index (κ3) is 3.34. The van der Waals surface area contributed by atoms with Crippen molar-refractivity contribution >= 4 is 19.3 Å². The van der Waals surface area contributed by atoms with Gasteiger partial charge >= 0.3 is 114 Å². The number of nitrogens with zero attached hydrogens (tertiary/aromatic N) is 4. The summed E-state index contributed by atoms with van der Waals surface area (Å²) in [7, 11) is 9.13. The maximum atomic E-state index is 2.60. The van der Waals surface area contributed by atoms with Crippen LogP contribution in [-0.4, -0.2) is 86.2 Å². The SMILES string of the molecule is CCN(C)[Te](N(C)CC)(N(C)CC)N(C)CC. The second-order valence-corrected chi connectivity index (χ2v) is 14.2. The zero-order valence-electron chi connectivity index (χ0n) is 13.0. The van der Waals surface area contributed by atoms with Crippen LogP contribution in [0.5, 0.6) is 0 Å². The van der Waals surface area contributed by atoms with Crippen molar-refractivity contribution in [1.82, 2.24) is 12.6 Å². The van der Waals surface area contributed by atoms with Crippen molar-refractivity contribution in [3.63, 3.8) is 0 Å². The van der Waals surface area contributed by atoms with Crippen LogP contribution in [0.4, 0.5) is 0 Å². The van der Waals surface area contributed by atoms with Gasteiger partial charge in [0.2, 0.25) is 0 Å². The van der Waals surface area contributed by atoms with Gasteiger partial charge in [0.1, 0.15) is 0 Å². The van der Waals surface area contributed by atoms with Gasteiger partial charge < -0.3 is 0 Å². The Morgan fingerprint density at radius 1 is 0.529 bits per heavy atom. The number of hydrogen-bond acceptors (Lipinski definition) is 4. The first-order valence-electron chi connectivity index (χ1n) is 6.61. The van der Waals surface area contributed by atoms with Gasteiger partial charge in [-0.15, -0.1) is 0 Å². The Balaban J connectivity index is 5.51. The zero-order valence-corrected chi connectivity index (χ0v) is 15.4. The Kier molecular flexibility index (Phi) is 8.23. The molecule has 0 bridgehead atoms. The van der Waals surface area contributed by atoms with Crippen molar-refractivity contribution in [2.45, 2.75) is 27.7 Å². The molecule has 0 amide bonds. The van der Waals surface area contributed by atoms with E-state index < -0.39 is 19.3 Å². The van der Waals surface area contributed by atoms with Crippen LogP contribution in [0.2, 0.25) is 0 Å². The van der Waals surface area contributed by atoms with E-state index in [-0.39, 0.29) is 0 Å². The van der Waals surface area contributed by atoms with Gasteiger partial charge in [-0.25, -0.2) is 0 Å². The van der Waals surface area contributed by atoms with Crippen LogP contribution < -0.4 is 0 Å². The summed E-state index contributed by atoms with van der Waals surface area (Å²) in [6, 6.07) is 0. The molecular weight excluding hydrogens is 328 g/mol. The van der Waals surface area contributed by atoms with Crippen molar-refractivity contribution in [2.24, 2.45) is 0 Å². The van der Waals surface area contributed by atoms with E-state index in [1.165, 1.54) is 0 Å². The molecule has 106 valence electrons. The van der Waals surface area contributed by atoms with Crippen molar-refractivity contribution in [3.05, 3.63) is 0 Å². The van der Waals surface area contributed by atoms with E-state index in [0.29, 0.717) is 0 Å². The molecular formula is C12H32N4Te. The Hall–Kier alpha value is 0.630. The summed E-state index contributed by atoms with van der Waals surface area (Å²) in [4.78, 5) is 0. The molecule has 17 heavy (non-hydrogen) atoms. The molecule has 0 saturated carbocycles. The van der Waals surface area contributed by atoms with Crippen molar-refractivity contribution in [2.75, 3.05) is 54.4 Å². The Bertz CT molecular complexity index is 167. The fraction of sp³-hybridized carbons (Fsp3) is 1.00. The van der Waals surface area contributed by atoms with Crippen LogP contribution >= 0.6 is 0 Å². The van der Waals surface area contributed by atoms with Gasteiger partial charge in [0.25, 0.3) is 0 Å². The van der Waals surface area contributed by atoms with E-state index in [1.54, 1.807) is 0 Å². The first-order chi connectivity index (χ1) is 7.93. The normalized spacial score (nSPS) is 14.4. The van der Waals surface area contributed by atoms with Crippen LogP contribution in [0.15, 0.2) is 0 Å². The third-order valence-corrected chi connectivity index (χ3v) is 15.9. The Labute approximate surface area is 114 Å². The summed E-state index contributed by atoms with van der Waals surface area (Å²) < 4.78 is 10.4. The number of rotatable bonds is 8. The molecule has 0 saturated heterocycles. The molecule has 5 heteroatoms. The molecule has 0 radical (unpaired) electrons. The number of hydrogen-bond donors (Lipinski definition) is 0.